The second-order valence-corrected chi connectivity index (χ2v) is 6.31. The van der Waals surface area contributed by atoms with E-state index in [1.165, 1.54) is 5.56 Å². The summed E-state index contributed by atoms with van der Waals surface area (Å²) in [4.78, 5) is 4.52. The highest BCUT2D eigenvalue weighted by Crippen LogP contribution is 2.30. The fourth-order valence-electron chi connectivity index (χ4n) is 3.53. The molecule has 2 unspecified atom stereocenters. The molecule has 1 N–H and O–H groups in total. The van der Waals surface area contributed by atoms with E-state index in [0.717, 1.165) is 44.2 Å². The molecule has 2 aliphatic heterocycles. The Morgan fingerprint density at radius 3 is 3.00 bits per heavy atom. The molecule has 4 rings (SSSR count). The van der Waals surface area contributed by atoms with E-state index >= 15 is 0 Å². The van der Waals surface area contributed by atoms with Crippen LogP contribution in [0.4, 0.5) is 0 Å². The average Bonchev–Trinajstić information content (AvgIpc) is 3.19. The molecule has 0 aliphatic carbocycles. The number of hydrogen-bond acceptors (Lipinski definition) is 6. The van der Waals surface area contributed by atoms with Crippen LogP contribution < -0.4 is 0 Å². The number of fused-ring (bicyclic) bond motifs is 1. The van der Waals surface area contributed by atoms with Crippen molar-refractivity contribution in [2.24, 2.45) is 0 Å². The van der Waals surface area contributed by atoms with Crippen molar-refractivity contribution in [3.05, 3.63) is 35.8 Å². The minimum absolute atomic E-state index is 0.177. The molecule has 0 radical (unpaired) electrons. The maximum Gasteiger partial charge on any atom is 0.150 e. The van der Waals surface area contributed by atoms with Crippen LogP contribution >= 0.6 is 0 Å². The number of aliphatic hydroxyl groups is 1. The van der Waals surface area contributed by atoms with E-state index in [1.807, 2.05) is 13.1 Å². The number of aromatic nitrogens is 3. The second-order valence-electron chi connectivity index (χ2n) is 6.31. The Morgan fingerprint density at radius 2 is 2.27 bits per heavy atom. The van der Waals surface area contributed by atoms with Crippen LogP contribution in [0.2, 0.25) is 0 Å². The monoisotopic (exact) mass is 303 g/mol. The van der Waals surface area contributed by atoms with Crippen molar-refractivity contribution in [2.45, 2.75) is 38.2 Å². The molecule has 1 saturated heterocycles. The highest BCUT2D eigenvalue weighted by molar-refractivity contribution is 5.09. The molecule has 22 heavy (non-hydrogen) atoms. The van der Waals surface area contributed by atoms with Crippen molar-refractivity contribution < 1.29 is 9.52 Å². The van der Waals surface area contributed by atoms with Gasteiger partial charge in [0, 0.05) is 31.7 Å². The molecule has 0 bridgehead atoms. The van der Waals surface area contributed by atoms with E-state index in [4.69, 9.17) is 4.42 Å². The van der Waals surface area contributed by atoms with Gasteiger partial charge < -0.3 is 14.1 Å². The molecule has 1 fully saturated rings. The zero-order valence-corrected chi connectivity index (χ0v) is 12.7. The van der Waals surface area contributed by atoms with Crippen molar-refractivity contribution in [1.82, 2.24) is 24.6 Å². The molecule has 2 atom stereocenters. The van der Waals surface area contributed by atoms with Crippen molar-refractivity contribution in [1.29, 1.82) is 0 Å². The van der Waals surface area contributed by atoms with E-state index in [0.29, 0.717) is 6.54 Å². The van der Waals surface area contributed by atoms with Crippen molar-refractivity contribution in [3.8, 4) is 0 Å². The van der Waals surface area contributed by atoms with Crippen LogP contribution in [0, 0.1) is 0 Å². The molecule has 7 nitrogen and oxygen atoms in total. The molecule has 2 aromatic rings. The highest BCUT2D eigenvalue weighted by atomic mass is 16.3. The number of furan rings is 1. The number of nitrogens with zero attached hydrogens (tertiary/aromatic N) is 5. The van der Waals surface area contributed by atoms with Gasteiger partial charge in [0.1, 0.15) is 5.82 Å². The minimum Gasteiger partial charge on any atom is -0.472 e. The lowest BCUT2D eigenvalue weighted by atomic mass is 10.2. The number of aliphatic hydroxyl groups excluding tert-OH is 1. The van der Waals surface area contributed by atoms with Gasteiger partial charge in [-0.25, -0.2) is 0 Å². The summed E-state index contributed by atoms with van der Waals surface area (Å²) in [6.45, 7) is 4.26. The molecule has 4 heterocycles. The Kier molecular flexibility index (Phi) is 3.48. The normalized spacial score (nSPS) is 26.5. The summed E-state index contributed by atoms with van der Waals surface area (Å²) in [7, 11) is 2.04. The van der Waals surface area contributed by atoms with E-state index in [-0.39, 0.29) is 12.1 Å². The maximum atomic E-state index is 9.84. The summed E-state index contributed by atoms with van der Waals surface area (Å²) in [6.07, 6.45) is 3.98. The minimum atomic E-state index is -0.260. The smallest absolute Gasteiger partial charge is 0.150 e. The van der Waals surface area contributed by atoms with Gasteiger partial charge in [0.25, 0.3) is 0 Å². The topological polar surface area (TPSA) is 70.6 Å². The summed E-state index contributed by atoms with van der Waals surface area (Å²) in [5, 5.41) is 18.6. The van der Waals surface area contributed by atoms with Gasteiger partial charge in [0.2, 0.25) is 0 Å². The van der Waals surface area contributed by atoms with Gasteiger partial charge in [0.15, 0.2) is 5.82 Å². The number of rotatable bonds is 3. The predicted molar refractivity (Wildman–Crippen MR) is 78.8 cm³/mol. The molecular formula is C15H21N5O2. The maximum absolute atomic E-state index is 9.84. The van der Waals surface area contributed by atoms with E-state index < -0.39 is 0 Å². The standard InChI is InChI=1S/C15H21N5O2/c1-18-8-12(21)6-13(18)15-17-16-14-9-19(3-4-20(14)15)7-11-2-5-22-10-11/h2,5,10,12-13,21H,3-4,6-9H2,1H3. The first-order valence-corrected chi connectivity index (χ1v) is 7.74. The molecule has 2 aliphatic rings. The lowest BCUT2D eigenvalue weighted by Crippen LogP contribution is -2.34. The Bertz CT molecular complexity index is 638. The SMILES string of the molecule is CN1CC(O)CC1c1nnc2n1CCN(Cc1ccoc1)C2. The van der Waals surface area contributed by atoms with Gasteiger partial charge >= 0.3 is 0 Å². The Balaban J connectivity index is 1.50. The van der Waals surface area contributed by atoms with Gasteiger partial charge in [-0.3, -0.25) is 9.80 Å². The van der Waals surface area contributed by atoms with Crippen LogP contribution in [0.5, 0.6) is 0 Å². The second kappa shape index (κ2) is 5.49. The molecule has 0 amide bonds. The highest BCUT2D eigenvalue weighted by Gasteiger charge is 2.34. The summed E-state index contributed by atoms with van der Waals surface area (Å²) >= 11 is 0. The zero-order chi connectivity index (χ0) is 15.1. The predicted octanol–water partition coefficient (Wildman–Crippen LogP) is 0.624. The molecule has 0 spiro atoms. The summed E-state index contributed by atoms with van der Waals surface area (Å²) < 4.78 is 7.36. The van der Waals surface area contributed by atoms with Gasteiger partial charge in [-0.2, -0.15) is 0 Å². The average molecular weight is 303 g/mol. The zero-order valence-electron chi connectivity index (χ0n) is 12.7. The van der Waals surface area contributed by atoms with Gasteiger partial charge in [-0.1, -0.05) is 0 Å². The molecule has 2 aromatic heterocycles. The fraction of sp³-hybridized carbons (Fsp3) is 0.600. The first-order valence-electron chi connectivity index (χ1n) is 7.74. The van der Waals surface area contributed by atoms with E-state index in [2.05, 4.69) is 24.6 Å². The number of likely N-dealkylation sites (tertiary alicyclic amines) is 1. The van der Waals surface area contributed by atoms with Gasteiger partial charge in [-0.05, 0) is 19.5 Å². The van der Waals surface area contributed by atoms with E-state index in [9.17, 15) is 5.11 Å². The largest absolute Gasteiger partial charge is 0.472 e. The Hall–Kier alpha value is -1.70. The van der Waals surface area contributed by atoms with E-state index in [1.54, 1.807) is 12.5 Å². The van der Waals surface area contributed by atoms with Crippen molar-refractivity contribution >= 4 is 0 Å². The van der Waals surface area contributed by atoms with Crippen LogP contribution in [0.15, 0.2) is 23.0 Å². The lowest BCUT2D eigenvalue weighted by Gasteiger charge is -2.28. The third-order valence-electron chi connectivity index (χ3n) is 4.67. The quantitative estimate of drug-likeness (QED) is 0.896. The first-order chi connectivity index (χ1) is 10.7. The summed E-state index contributed by atoms with van der Waals surface area (Å²) in [5.74, 6) is 2.01. The third-order valence-corrected chi connectivity index (χ3v) is 4.67. The molecule has 0 saturated carbocycles. The van der Waals surface area contributed by atoms with Gasteiger partial charge in [0.05, 0.1) is 31.2 Å². The van der Waals surface area contributed by atoms with Crippen molar-refractivity contribution in [3.63, 3.8) is 0 Å². The number of β-amino-alcohol motifs (C(OH)–C–C–N with tert-alkyl or cyclic N) is 1. The summed E-state index contributed by atoms with van der Waals surface area (Å²) in [6, 6.07) is 2.18. The molecular weight excluding hydrogens is 282 g/mol. The first kappa shape index (κ1) is 13.9. The van der Waals surface area contributed by atoms with Crippen LogP contribution in [0.3, 0.4) is 0 Å². The Morgan fingerprint density at radius 1 is 1.36 bits per heavy atom. The molecule has 7 heteroatoms. The van der Waals surface area contributed by atoms with Crippen LogP contribution in [0.1, 0.15) is 29.7 Å². The Labute approximate surface area is 129 Å². The fourth-order valence-corrected chi connectivity index (χ4v) is 3.53. The number of likely N-dealkylation sites (N-methyl/N-ethyl adjacent to an activating group) is 1. The van der Waals surface area contributed by atoms with Gasteiger partial charge in [-0.15, -0.1) is 10.2 Å². The lowest BCUT2D eigenvalue weighted by molar-refractivity contribution is 0.182. The van der Waals surface area contributed by atoms with Crippen LogP contribution in [0.25, 0.3) is 0 Å². The molecule has 118 valence electrons. The van der Waals surface area contributed by atoms with Crippen LogP contribution in [-0.2, 0) is 19.6 Å². The van der Waals surface area contributed by atoms with Crippen molar-refractivity contribution in [2.75, 3.05) is 20.1 Å². The summed E-state index contributed by atoms with van der Waals surface area (Å²) in [5.41, 5.74) is 1.19. The van der Waals surface area contributed by atoms with Crippen LogP contribution in [-0.4, -0.2) is 55.9 Å². The molecule has 0 aromatic carbocycles. The third kappa shape index (κ3) is 2.45. The number of hydrogen-bond donors (Lipinski definition) is 1.